The van der Waals surface area contributed by atoms with Gasteiger partial charge in [-0.1, -0.05) is 18.2 Å². The van der Waals surface area contributed by atoms with Crippen molar-refractivity contribution < 1.29 is 18.3 Å². The lowest BCUT2D eigenvalue weighted by molar-refractivity contribution is 0.0690. The fraction of sp³-hybridized carbons (Fsp3) is 0.308. The molecule has 0 spiro atoms. The zero-order valence-electron chi connectivity index (χ0n) is 11.1. The molecule has 0 amide bonds. The minimum absolute atomic E-state index is 0.0166. The second kappa shape index (κ2) is 4.96. The molecule has 1 fully saturated rings. The molecule has 8 heteroatoms. The number of carboxylic acids is 1. The van der Waals surface area contributed by atoms with Gasteiger partial charge in [0.2, 0.25) is 0 Å². The predicted octanol–water partition coefficient (Wildman–Crippen LogP) is 0.563. The molecule has 1 aliphatic rings. The first-order valence-electron chi connectivity index (χ1n) is 6.42. The fourth-order valence-corrected chi connectivity index (χ4v) is 3.64. The number of anilines is 1. The van der Waals surface area contributed by atoms with Crippen LogP contribution in [0.25, 0.3) is 10.9 Å². The average molecular weight is 307 g/mol. The lowest BCUT2D eigenvalue weighted by atomic mass is 10.1. The Labute approximate surface area is 121 Å². The largest absolute Gasteiger partial charge is 0.476 e. The minimum atomic E-state index is -3.04. The van der Waals surface area contributed by atoms with E-state index in [1.807, 2.05) is 0 Å². The smallest absolute Gasteiger partial charge is 0.358 e. The Bertz CT molecular complexity index is 805. The van der Waals surface area contributed by atoms with Crippen molar-refractivity contribution in [2.75, 3.05) is 29.5 Å². The van der Waals surface area contributed by atoms with Crippen LogP contribution in [0, 0.1) is 0 Å². The van der Waals surface area contributed by atoms with E-state index in [0.29, 0.717) is 16.6 Å². The molecule has 0 saturated carbocycles. The summed E-state index contributed by atoms with van der Waals surface area (Å²) in [7, 11) is -3.04. The molecule has 7 nitrogen and oxygen atoms in total. The first kappa shape index (κ1) is 13.7. The van der Waals surface area contributed by atoms with Crippen molar-refractivity contribution in [1.82, 2.24) is 10.2 Å². The van der Waals surface area contributed by atoms with Crippen LogP contribution in [0.1, 0.15) is 10.5 Å². The van der Waals surface area contributed by atoms with Crippen LogP contribution in [-0.4, -0.2) is 54.3 Å². The van der Waals surface area contributed by atoms with Crippen LogP contribution in [-0.2, 0) is 9.84 Å². The second-order valence-corrected chi connectivity index (χ2v) is 7.16. The molecule has 110 valence electrons. The van der Waals surface area contributed by atoms with E-state index in [4.69, 9.17) is 0 Å². The Morgan fingerprint density at radius 2 is 1.81 bits per heavy atom. The van der Waals surface area contributed by atoms with E-state index in [-0.39, 0.29) is 30.3 Å². The number of aromatic nitrogens is 2. The molecular weight excluding hydrogens is 294 g/mol. The van der Waals surface area contributed by atoms with Crippen molar-refractivity contribution in [2.24, 2.45) is 0 Å². The molecule has 0 bridgehead atoms. The van der Waals surface area contributed by atoms with Crippen molar-refractivity contribution in [1.29, 1.82) is 0 Å². The molecule has 21 heavy (non-hydrogen) atoms. The van der Waals surface area contributed by atoms with Crippen LogP contribution in [0.5, 0.6) is 0 Å². The minimum Gasteiger partial charge on any atom is -0.476 e. The number of benzene rings is 1. The quantitative estimate of drug-likeness (QED) is 0.865. The topological polar surface area (TPSA) is 100 Å². The first-order chi connectivity index (χ1) is 9.98. The fourth-order valence-electron chi connectivity index (χ4n) is 2.44. The summed E-state index contributed by atoms with van der Waals surface area (Å²) in [5.74, 6) is -1.14. The van der Waals surface area contributed by atoms with Crippen molar-refractivity contribution >= 4 is 32.4 Å². The van der Waals surface area contributed by atoms with Crippen LogP contribution in [0.4, 0.5) is 5.69 Å². The van der Waals surface area contributed by atoms with E-state index >= 15 is 0 Å². The Kier molecular flexibility index (Phi) is 3.25. The number of nitrogens with zero attached hydrogens (tertiary/aromatic N) is 3. The van der Waals surface area contributed by atoms with Crippen LogP contribution in [0.15, 0.2) is 24.3 Å². The average Bonchev–Trinajstić information content (AvgIpc) is 2.46. The van der Waals surface area contributed by atoms with E-state index in [1.165, 1.54) is 0 Å². The third kappa shape index (κ3) is 2.54. The number of hydrogen-bond acceptors (Lipinski definition) is 6. The summed E-state index contributed by atoms with van der Waals surface area (Å²) in [5.41, 5.74) is 0.891. The lowest BCUT2D eigenvalue weighted by Gasteiger charge is -2.30. The predicted molar refractivity (Wildman–Crippen MR) is 77.4 cm³/mol. The summed E-state index contributed by atoms with van der Waals surface area (Å²) in [5, 5.41) is 17.7. The van der Waals surface area contributed by atoms with Gasteiger partial charge in [-0.2, -0.15) is 0 Å². The molecule has 1 aromatic heterocycles. The third-order valence-corrected chi connectivity index (χ3v) is 5.11. The molecule has 0 unspecified atom stereocenters. The van der Waals surface area contributed by atoms with Crippen LogP contribution in [0.2, 0.25) is 0 Å². The standard InChI is InChI=1S/C13H13N3O4S/c17-13(18)11-12(16-5-7-21(19,20)8-6-16)9-3-1-2-4-10(9)14-15-11/h1-4H,5-8H2,(H,17,18). The highest BCUT2D eigenvalue weighted by atomic mass is 32.2. The van der Waals surface area contributed by atoms with Gasteiger partial charge in [-0.15, -0.1) is 10.2 Å². The van der Waals surface area contributed by atoms with E-state index in [2.05, 4.69) is 10.2 Å². The molecule has 1 saturated heterocycles. The Hall–Kier alpha value is -2.22. The van der Waals surface area contributed by atoms with Gasteiger partial charge < -0.3 is 10.0 Å². The van der Waals surface area contributed by atoms with Gasteiger partial charge in [0.15, 0.2) is 15.5 Å². The van der Waals surface area contributed by atoms with Crippen LogP contribution >= 0.6 is 0 Å². The molecule has 1 aliphatic heterocycles. The normalized spacial score (nSPS) is 17.8. The SMILES string of the molecule is O=C(O)c1nnc2ccccc2c1N1CCS(=O)(=O)CC1. The van der Waals surface area contributed by atoms with Crippen LogP contribution in [0.3, 0.4) is 0 Å². The van der Waals surface area contributed by atoms with Gasteiger partial charge in [-0.05, 0) is 6.07 Å². The molecular formula is C13H13N3O4S. The number of carboxylic acid groups (broad SMARTS) is 1. The summed E-state index contributed by atoms with van der Waals surface area (Å²) >= 11 is 0. The molecule has 1 N–H and O–H groups in total. The monoisotopic (exact) mass is 307 g/mol. The maximum atomic E-state index is 11.5. The molecule has 3 rings (SSSR count). The van der Waals surface area contributed by atoms with Gasteiger partial charge in [0, 0.05) is 18.5 Å². The summed E-state index contributed by atoms with van der Waals surface area (Å²) in [6.07, 6.45) is 0. The number of carbonyl (C=O) groups is 1. The number of aromatic carboxylic acids is 1. The van der Waals surface area contributed by atoms with E-state index in [9.17, 15) is 18.3 Å². The van der Waals surface area contributed by atoms with Gasteiger partial charge in [0.05, 0.1) is 22.7 Å². The number of fused-ring (bicyclic) bond motifs is 1. The van der Waals surface area contributed by atoms with Gasteiger partial charge in [0.1, 0.15) is 0 Å². The Balaban J connectivity index is 2.15. The Morgan fingerprint density at radius 3 is 2.48 bits per heavy atom. The molecule has 1 aromatic carbocycles. The van der Waals surface area contributed by atoms with Crippen molar-refractivity contribution in [3.8, 4) is 0 Å². The molecule has 0 atom stereocenters. The van der Waals surface area contributed by atoms with E-state index in [0.717, 1.165) is 0 Å². The van der Waals surface area contributed by atoms with E-state index < -0.39 is 15.8 Å². The highest BCUT2D eigenvalue weighted by molar-refractivity contribution is 7.91. The highest BCUT2D eigenvalue weighted by Crippen LogP contribution is 2.29. The molecule has 0 aliphatic carbocycles. The zero-order chi connectivity index (χ0) is 15.0. The third-order valence-electron chi connectivity index (χ3n) is 3.50. The maximum absolute atomic E-state index is 11.5. The summed E-state index contributed by atoms with van der Waals surface area (Å²) in [6.45, 7) is 0.524. The lowest BCUT2D eigenvalue weighted by Crippen LogP contribution is -2.41. The van der Waals surface area contributed by atoms with Crippen molar-refractivity contribution in [3.05, 3.63) is 30.0 Å². The molecule has 2 aromatic rings. The zero-order valence-corrected chi connectivity index (χ0v) is 11.9. The second-order valence-electron chi connectivity index (χ2n) is 4.86. The number of sulfone groups is 1. The molecule has 2 heterocycles. The van der Waals surface area contributed by atoms with Crippen LogP contribution < -0.4 is 4.90 Å². The number of hydrogen-bond donors (Lipinski definition) is 1. The summed E-state index contributed by atoms with van der Waals surface area (Å²) in [4.78, 5) is 13.2. The first-order valence-corrected chi connectivity index (χ1v) is 8.24. The van der Waals surface area contributed by atoms with Gasteiger partial charge in [-0.3, -0.25) is 0 Å². The van der Waals surface area contributed by atoms with Gasteiger partial charge >= 0.3 is 5.97 Å². The summed E-state index contributed by atoms with van der Waals surface area (Å²) < 4.78 is 23.1. The summed E-state index contributed by atoms with van der Waals surface area (Å²) in [6, 6.07) is 7.11. The van der Waals surface area contributed by atoms with Crippen molar-refractivity contribution in [2.45, 2.75) is 0 Å². The maximum Gasteiger partial charge on any atom is 0.358 e. The number of rotatable bonds is 2. The molecule has 0 radical (unpaired) electrons. The van der Waals surface area contributed by atoms with Gasteiger partial charge in [0.25, 0.3) is 0 Å². The Morgan fingerprint density at radius 1 is 1.14 bits per heavy atom. The van der Waals surface area contributed by atoms with Gasteiger partial charge in [-0.25, -0.2) is 13.2 Å². The highest BCUT2D eigenvalue weighted by Gasteiger charge is 2.27. The van der Waals surface area contributed by atoms with Crippen molar-refractivity contribution in [3.63, 3.8) is 0 Å². The van der Waals surface area contributed by atoms with E-state index in [1.54, 1.807) is 29.2 Å².